The number of rotatable bonds is 5. The van der Waals surface area contributed by atoms with Crippen molar-refractivity contribution in [2.24, 2.45) is 0 Å². The van der Waals surface area contributed by atoms with E-state index in [1.165, 1.54) is 32.7 Å². The van der Waals surface area contributed by atoms with Gasteiger partial charge in [0.15, 0.2) is 0 Å². The first kappa shape index (κ1) is 29.6. The van der Waals surface area contributed by atoms with Gasteiger partial charge >= 0.3 is 0 Å². The van der Waals surface area contributed by atoms with Crippen molar-refractivity contribution in [3.05, 3.63) is 188 Å². The monoisotopic (exact) mass is 677 g/mol. The number of furan rings is 2. The van der Waals surface area contributed by atoms with Gasteiger partial charge in [-0.2, -0.15) is 0 Å². The van der Waals surface area contributed by atoms with E-state index in [9.17, 15) is 0 Å². The van der Waals surface area contributed by atoms with E-state index < -0.39 is 0 Å². The fourth-order valence-electron chi connectivity index (χ4n) is 8.18. The lowest BCUT2D eigenvalue weighted by Crippen LogP contribution is -2.10. The lowest BCUT2D eigenvalue weighted by atomic mass is 9.93. The average molecular weight is 678 g/mol. The second kappa shape index (κ2) is 11.7. The first-order chi connectivity index (χ1) is 26.3. The Bertz CT molecular complexity index is 3180. The van der Waals surface area contributed by atoms with Gasteiger partial charge in [-0.3, -0.25) is 0 Å². The zero-order valence-corrected chi connectivity index (χ0v) is 28.7. The lowest BCUT2D eigenvalue weighted by molar-refractivity contribution is 0.668. The first-order valence-corrected chi connectivity index (χ1v) is 18.0. The molecule has 0 aliphatic rings. The van der Waals surface area contributed by atoms with Gasteiger partial charge in [0.05, 0.1) is 11.1 Å². The molecule has 3 heteroatoms. The van der Waals surface area contributed by atoms with Gasteiger partial charge < -0.3 is 13.7 Å². The highest BCUT2D eigenvalue weighted by atomic mass is 16.3. The van der Waals surface area contributed by atoms with E-state index in [0.717, 1.165) is 72.1 Å². The SMILES string of the molecule is c1cc(-c2ccc3oc4ccccc4c3c2)cc(N(c2ccc(-c3cc4ccccc4c4ccccc34)cc2)c2cccc3oc4ccccc4c23)c1. The molecule has 3 nitrogen and oxygen atoms in total. The van der Waals surface area contributed by atoms with E-state index in [1.54, 1.807) is 0 Å². The Labute approximate surface area is 305 Å². The van der Waals surface area contributed by atoms with Gasteiger partial charge in [0.25, 0.3) is 0 Å². The molecule has 0 atom stereocenters. The summed E-state index contributed by atoms with van der Waals surface area (Å²) in [6, 6.07) is 66.9. The van der Waals surface area contributed by atoms with E-state index in [1.807, 2.05) is 24.3 Å². The van der Waals surface area contributed by atoms with Crippen LogP contribution >= 0.6 is 0 Å². The maximum Gasteiger partial charge on any atom is 0.137 e. The molecule has 0 N–H and O–H groups in total. The van der Waals surface area contributed by atoms with Crippen LogP contribution in [0.2, 0.25) is 0 Å². The highest BCUT2D eigenvalue weighted by Crippen LogP contribution is 2.45. The maximum absolute atomic E-state index is 6.39. The maximum atomic E-state index is 6.39. The predicted molar refractivity (Wildman–Crippen MR) is 222 cm³/mol. The van der Waals surface area contributed by atoms with Crippen LogP contribution < -0.4 is 4.90 Å². The number of fused-ring (bicyclic) bond motifs is 9. The minimum Gasteiger partial charge on any atom is -0.456 e. The minimum absolute atomic E-state index is 0.862. The van der Waals surface area contributed by atoms with Gasteiger partial charge in [0, 0.05) is 27.5 Å². The van der Waals surface area contributed by atoms with Gasteiger partial charge in [-0.05, 0) is 111 Å². The summed E-state index contributed by atoms with van der Waals surface area (Å²) in [6.07, 6.45) is 0. The standard InChI is InChI=1S/C50H31NO2/c1-2-14-38-35(11-1)31-43(40-16-4-3-15-39(38)40)32-23-26-36(27-24-32)51(45-19-10-22-49-50(45)42-18-6-8-21-47(42)53-49)37-13-9-12-33(29-37)34-25-28-48-44(30-34)41-17-5-7-20-46(41)52-48/h1-31H. The lowest BCUT2D eigenvalue weighted by Gasteiger charge is -2.27. The predicted octanol–water partition coefficient (Wildman–Crippen LogP) is 14.6. The number of anilines is 3. The Kier molecular flexibility index (Phi) is 6.55. The molecular formula is C50H31NO2. The topological polar surface area (TPSA) is 29.5 Å². The van der Waals surface area contributed by atoms with Crippen LogP contribution in [0, 0.1) is 0 Å². The second-order valence-electron chi connectivity index (χ2n) is 13.7. The van der Waals surface area contributed by atoms with Crippen LogP contribution in [-0.4, -0.2) is 0 Å². The summed E-state index contributed by atoms with van der Waals surface area (Å²) >= 11 is 0. The number of para-hydroxylation sites is 2. The van der Waals surface area contributed by atoms with E-state index in [0.29, 0.717) is 0 Å². The van der Waals surface area contributed by atoms with Crippen molar-refractivity contribution in [1.29, 1.82) is 0 Å². The molecule has 0 amide bonds. The molecule has 9 aromatic carbocycles. The second-order valence-corrected chi connectivity index (χ2v) is 13.7. The van der Waals surface area contributed by atoms with Crippen molar-refractivity contribution < 1.29 is 8.83 Å². The normalized spacial score (nSPS) is 11.8. The minimum atomic E-state index is 0.862. The third-order valence-electron chi connectivity index (χ3n) is 10.6. The van der Waals surface area contributed by atoms with Crippen molar-refractivity contribution in [3.63, 3.8) is 0 Å². The fraction of sp³-hybridized carbons (Fsp3) is 0. The summed E-state index contributed by atoms with van der Waals surface area (Å²) in [5.74, 6) is 0. The number of benzene rings is 9. The molecule has 11 aromatic rings. The Balaban J connectivity index is 1.09. The van der Waals surface area contributed by atoms with Crippen LogP contribution in [0.4, 0.5) is 17.1 Å². The van der Waals surface area contributed by atoms with Crippen molar-refractivity contribution in [2.75, 3.05) is 4.90 Å². The molecule has 0 saturated carbocycles. The summed E-state index contributed by atoms with van der Waals surface area (Å²) in [5, 5.41) is 9.45. The van der Waals surface area contributed by atoms with E-state index >= 15 is 0 Å². The molecule has 0 aliphatic carbocycles. The molecule has 11 rings (SSSR count). The van der Waals surface area contributed by atoms with Gasteiger partial charge in [-0.25, -0.2) is 0 Å². The summed E-state index contributed by atoms with van der Waals surface area (Å²) in [4.78, 5) is 2.36. The molecule has 0 spiro atoms. The van der Waals surface area contributed by atoms with Crippen molar-refractivity contribution in [3.8, 4) is 22.3 Å². The highest BCUT2D eigenvalue weighted by molar-refractivity contribution is 6.15. The third-order valence-corrected chi connectivity index (χ3v) is 10.6. The van der Waals surface area contributed by atoms with Gasteiger partial charge in [-0.1, -0.05) is 121 Å². The quantitative estimate of drug-likeness (QED) is 0.170. The number of nitrogens with zero attached hydrogens (tertiary/aromatic N) is 1. The Hall–Kier alpha value is -7.10. The van der Waals surface area contributed by atoms with Gasteiger partial charge in [-0.15, -0.1) is 0 Å². The zero-order chi connectivity index (χ0) is 34.9. The van der Waals surface area contributed by atoms with Crippen LogP contribution in [0.15, 0.2) is 197 Å². The summed E-state index contributed by atoms with van der Waals surface area (Å²) in [6.45, 7) is 0. The molecular weight excluding hydrogens is 647 g/mol. The number of hydrogen-bond donors (Lipinski definition) is 0. The molecule has 0 saturated heterocycles. The molecule has 0 bridgehead atoms. The molecule has 0 radical (unpaired) electrons. The Morgan fingerprint density at radius 2 is 0.925 bits per heavy atom. The van der Waals surface area contributed by atoms with Gasteiger partial charge in [0.1, 0.15) is 22.3 Å². The van der Waals surface area contributed by atoms with Crippen LogP contribution in [0.1, 0.15) is 0 Å². The largest absolute Gasteiger partial charge is 0.456 e. The van der Waals surface area contributed by atoms with E-state index in [-0.39, 0.29) is 0 Å². The first-order valence-electron chi connectivity index (χ1n) is 18.0. The van der Waals surface area contributed by atoms with Crippen LogP contribution in [-0.2, 0) is 0 Å². The molecule has 248 valence electrons. The van der Waals surface area contributed by atoms with Crippen molar-refractivity contribution in [1.82, 2.24) is 0 Å². The highest BCUT2D eigenvalue weighted by Gasteiger charge is 2.20. The Morgan fingerprint density at radius 3 is 1.77 bits per heavy atom. The Morgan fingerprint density at radius 1 is 0.321 bits per heavy atom. The molecule has 53 heavy (non-hydrogen) atoms. The molecule has 0 aliphatic heterocycles. The number of hydrogen-bond acceptors (Lipinski definition) is 3. The summed E-state index contributed by atoms with van der Waals surface area (Å²) in [7, 11) is 0. The molecule has 0 unspecified atom stereocenters. The average Bonchev–Trinajstić information content (AvgIpc) is 3.80. The molecule has 2 aromatic heterocycles. The van der Waals surface area contributed by atoms with E-state index in [2.05, 4.69) is 169 Å². The van der Waals surface area contributed by atoms with Gasteiger partial charge in [0.2, 0.25) is 0 Å². The third kappa shape index (κ3) is 4.75. The van der Waals surface area contributed by atoms with Crippen molar-refractivity contribution in [2.45, 2.75) is 0 Å². The van der Waals surface area contributed by atoms with Crippen LogP contribution in [0.25, 0.3) is 87.7 Å². The smallest absolute Gasteiger partial charge is 0.137 e. The zero-order valence-electron chi connectivity index (χ0n) is 28.7. The fourth-order valence-corrected chi connectivity index (χ4v) is 8.18. The summed E-state index contributed by atoms with van der Waals surface area (Å²) < 4.78 is 12.6. The molecule has 0 fully saturated rings. The summed E-state index contributed by atoms with van der Waals surface area (Å²) in [5.41, 5.74) is 11.4. The van der Waals surface area contributed by atoms with Crippen molar-refractivity contribution >= 4 is 82.5 Å². The van der Waals surface area contributed by atoms with E-state index in [4.69, 9.17) is 8.83 Å². The molecule has 2 heterocycles. The van der Waals surface area contributed by atoms with Crippen LogP contribution in [0.3, 0.4) is 0 Å². The van der Waals surface area contributed by atoms with Crippen LogP contribution in [0.5, 0.6) is 0 Å².